The van der Waals surface area contributed by atoms with Crippen molar-refractivity contribution in [3.8, 4) is 0 Å². The Balaban J connectivity index is 1.77. The van der Waals surface area contributed by atoms with Crippen molar-refractivity contribution < 1.29 is 4.57 Å². The Kier molecular flexibility index (Phi) is 3.38. The summed E-state index contributed by atoms with van der Waals surface area (Å²) >= 11 is 0. The lowest BCUT2D eigenvalue weighted by Crippen LogP contribution is -2.29. The molecule has 0 spiro atoms. The second-order valence-corrected chi connectivity index (χ2v) is 9.72. The summed E-state index contributed by atoms with van der Waals surface area (Å²) in [5, 5.41) is 6.94. The van der Waals surface area contributed by atoms with Crippen molar-refractivity contribution >= 4 is 49.0 Å². The van der Waals surface area contributed by atoms with E-state index in [9.17, 15) is 0 Å². The third-order valence-electron chi connectivity index (χ3n) is 7.92. The second kappa shape index (κ2) is 5.97. The van der Waals surface area contributed by atoms with Crippen molar-refractivity contribution in [1.82, 2.24) is 4.40 Å². The predicted molar refractivity (Wildman–Crippen MR) is 130 cm³/mol. The molecule has 3 heterocycles. The largest absolute Gasteiger partial charge is 0.303 e. The lowest BCUT2D eigenvalue weighted by Gasteiger charge is -2.14. The van der Waals surface area contributed by atoms with Gasteiger partial charge in [-0.2, -0.15) is 4.57 Å². The SMILES string of the molecule is Cc1cc(C)c2c3c1cccc3n1c3ccc(C4CCCC4)cc3c3cc[n+](C)c2c31. The summed E-state index contributed by atoms with van der Waals surface area (Å²) in [6.45, 7) is 4.52. The molecule has 2 heteroatoms. The van der Waals surface area contributed by atoms with Gasteiger partial charge in [-0.3, -0.25) is 0 Å². The number of benzene rings is 3. The maximum Gasteiger partial charge on any atom is 0.238 e. The van der Waals surface area contributed by atoms with Gasteiger partial charge in [0.15, 0.2) is 6.20 Å². The van der Waals surface area contributed by atoms with Crippen molar-refractivity contribution in [2.75, 3.05) is 0 Å². The van der Waals surface area contributed by atoms with E-state index in [-0.39, 0.29) is 0 Å². The highest BCUT2D eigenvalue weighted by atomic mass is 15.0. The van der Waals surface area contributed by atoms with E-state index >= 15 is 0 Å². The molecule has 0 aliphatic heterocycles. The average molecular weight is 404 g/mol. The van der Waals surface area contributed by atoms with Crippen LogP contribution in [0.15, 0.2) is 54.7 Å². The summed E-state index contributed by atoms with van der Waals surface area (Å²) in [5.74, 6) is 0.734. The van der Waals surface area contributed by atoms with Gasteiger partial charge in [-0.05, 0) is 72.9 Å². The third kappa shape index (κ3) is 2.15. The Labute approximate surface area is 182 Å². The summed E-state index contributed by atoms with van der Waals surface area (Å²) in [4.78, 5) is 0. The Bertz CT molecular complexity index is 1660. The lowest BCUT2D eigenvalue weighted by molar-refractivity contribution is -0.644. The first-order valence-corrected chi connectivity index (χ1v) is 11.6. The normalized spacial score (nSPS) is 15.6. The van der Waals surface area contributed by atoms with E-state index in [0.717, 1.165) is 5.92 Å². The highest BCUT2D eigenvalue weighted by Gasteiger charge is 2.25. The van der Waals surface area contributed by atoms with Crippen LogP contribution in [0.5, 0.6) is 0 Å². The van der Waals surface area contributed by atoms with Crippen LogP contribution < -0.4 is 4.57 Å². The number of hydrogen-bond acceptors (Lipinski definition) is 0. The molecule has 0 bridgehead atoms. The van der Waals surface area contributed by atoms with Gasteiger partial charge < -0.3 is 4.40 Å². The fourth-order valence-electron chi connectivity index (χ4n) is 6.52. The van der Waals surface area contributed by atoms with E-state index < -0.39 is 0 Å². The molecule has 0 atom stereocenters. The molecule has 0 unspecified atom stereocenters. The van der Waals surface area contributed by atoms with E-state index in [1.807, 2.05) is 0 Å². The number of pyridine rings is 2. The van der Waals surface area contributed by atoms with Crippen LogP contribution in [0.2, 0.25) is 0 Å². The van der Waals surface area contributed by atoms with Crippen LogP contribution in [0.25, 0.3) is 49.0 Å². The summed E-state index contributed by atoms with van der Waals surface area (Å²) < 4.78 is 4.86. The van der Waals surface area contributed by atoms with Crippen LogP contribution in [0.1, 0.15) is 48.3 Å². The third-order valence-corrected chi connectivity index (χ3v) is 7.92. The van der Waals surface area contributed by atoms with Gasteiger partial charge in [0.25, 0.3) is 0 Å². The molecular weight excluding hydrogens is 376 g/mol. The Morgan fingerprint density at radius 3 is 2.48 bits per heavy atom. The van der Waals surface area contributed by atoms with Crippen molar-refractivity contribution in [1.29, 1.82) is 0 Å². The minimum absolute atomic E-state index is 0.734. The molecule has 2 nitrogen and oxygen atoms in total. The highest BCUT2D eigenvalue weighted by Crippen LogP contribution is 2.42. The Morgan fingerprint density at radius 1 is 0.806 bits per heavy atom. The van der Waals surface area contributed by atoms with Gasteiger partial charge in [0, 0.05) is 22.2 Å². The van der Waals surface area contributed by atoms with Gasteiger partial charge in [0.05, 0.1) is 16.4 Å². The molecule has 0 saturated heterocycles. The van der Waals surface area contributed by atoms with Gasteiger partial charge >= 0.3 is 0 Å². The zero-order valence-electron chi connectivity index (χ0n) is 18.5. The number of aromatic nitrogens is 2. The Hall–Kier alpha value is -3.13. The number of rotatable bonds is 1. The van der Waals surface area contributed by atoms with E-state index in [4.69, 9.17) is 0 Å². The molecule has 0 amide bonds. The topological polar surface area (TPSA) is 8.29 Å². The van der Waals surface area contributed by atoms with Crippen molar-refractivity contribution in [2.24, 2.45) is 7.05 Å². The van der Waals surface area contributed by atoms with Crippen molar-refractivity contribution in [3.05, 3.63) is 71.4 Å². The van der Waals surface area contributed by atoms with Crippen LogP contribution in [-0.2, 0) is 7.05 Å². The molecule has 1 fully saturated rings. The molecule has 3 aromatic carbocycles. The fraction of sp³-hybridized carbons (Fsp3) is 0.276. The number of aryl methyl sites for hydroxylation is 3. The van der Waals surface area contributed by atoms with E-state index in [2.05, 4.69) is 84.6 Å². The standard InChI is InChI=1S/C29H27N2/c1-17-15-18(2)26-27-21(17)9-6-10-25(27)31-24-12-11-20(19-7-4-5-8-19)16-23(24)22-13-14-30(3)29(26)28(22)31/h6,9-16,19H,4-5,7-8H2,1-3H3/q+1. The van der Waals surface area contributed by atoms with Crippen LogP contribution >= 0.6 is 0 Å². The zero-order valence-corrected chi connectivity index (χ0v) is 18.5. The predicted octanol–water partition coefficient (Wildman–Crippen LogP) is 7.09. The minimum atomic E-state index is 0.734. The molecule has 1 aliphatic carbocycles. The van der Waals surface area contributed by atoms with Gasteiger partial charge in [-0.1, -0.05) is 37.1 Å². The van der Waals surface area contributed by atoms with Gasteiger partial charge in [0.1, 0.15) is 12.6 Å². The first-order valence-electron chi connectivity index (χ1n) is 11.6. The highest BCUT2D eigenvalue weighted by molar-refractivity contribution is 6.26. The molecule has 7 rings (SSSR count). The molecule has 152 valence electrons. The monoisotopic (exact) mass is 403 g/mol. The summed E-state index contributed by atoms with van der Waals surface area (Å²) in [7, 11) is 2.19. The van der Waals surface area contributed by atoms with Crippen molar-refractivity contribution in [3.63, 3.8) is 0 Å². The fourth-order valence-corrected chi connectivity index (χ4v) is 6.52. The zero-order chi connectivity index (χ0) is 20.9. The van der Waals surface area contributed by atoms with E-state index in [0.29, 0.717) is 0 Å². The van der Waals surface area contributed by atoms with Crippen LogP contribution in [0.4, 0.5) is 0 Å². The van der Waals surface area contributed by atoms with Crippen molar-refractivity contribution in [2.45, 2.75) is 45.4 Å². The van der Waals surface area contributed by atoms with Crippen LogP contribution in [0.3, 0.4) is 0 Å². The Morgan fingerprint density at radius 2 is 1.65 bits per heavy atom. The number of hydrogen-bond donors (Lipinski definition) is 0. The molecule has 0 radical (unpaired) electrons. The van der Waals surface area contributed by atoms with Crippen LogP contribution in [-0.4, -0.2) is 4.40 Å². The smallest absolute Gasteiger partial charge is 0.238 e. The first kappa shape index (κ1) is 17.5. The maximum absolute atomic E-state index is 2.53. The molecule has 3 aromatic heterocycles. The van der Waals surface area contributed by atoms with E-state index in [1.54, 1.807) is 0 Å². The maximum atomic E-state index is 2.53. The molecule has 6 aromatic rings. The van der Waals surface area contributed by atoms with Gasteiger partial charge in [-0.25, -0.2) is 0 Å². The second-order valence-electron chi connectivity index (χ2n) is 9.72. The summed E-state index contributed by atoms with van der Waals surface area (Å²) in [6.07, 6.45) is 7.69. The number of nitrogens with zero attached hydrogens (tertiary/aromatic N) is 2. The molecule has 1 saturated carbocycles. The quantitative estimate of drug-likeness (QED) is 0.157. The van der Waals surface area contributed by atoms with E-state index in [1.165, 1.54) is 91.4 Å². The summed E-state index contributed by atoms with van der Waals surface area (Å²) in [6, 6.07) is 18.8. The minimum Gasteiger partial charge on any atom is -0.303 e. The molecule has 0 N–H and O–H groups in total. The number of fused-ring (bicyclic) bond motifs is 5. The molecule has 31 heavy (non-hydrogen) atoms. The lowest BCUT2D eigenvalue weighted by atomic mass is 9.94. The van der Waals surface area contributed by atoms with Gasteiger partial charge in [-0.15, -0.1) is 0 Å². The first-order chi connectivity index (χ1) is 15.1. The van der Waals surface area contributed by atoms with Gasteiger partial charge in [0.2, 0.25) is 5.52 Å². The summed E-state index contributed by atoms with van der Waals surface area (Å²) in [5.41, 5.74) is 9.61. The van der Waals surface area contributed by atoms with Crippen LogP contribution in [0, 0.1) is 13.8 Å². The molecular formula is C29H27N2+. The molecule has 1 aliphatic rings. The average Bonchev–Trinajstić information content (AvgIpc) is 3.41.